The number of esters is 1. The Kier molecular flexibility index (Phi) is 7.60. The fourth-order valence-electron chi connectivity index (χ4n) is 4.52. The third-order valence-corrected chi connectivity index (χ3v) is 7.83. The summed E-state index contributed by atoms with van der Waals surface area (Å²) in [5.41, 5.74) is 1.33. The molecule has 0 aliphatic carbocycles. The minimum atomic E-state index is -0.696. The van der Waals surface area contributed by atoms with Gasteiger partial charge in [0.2, 0.25) is 5.88 Å². The van der Waals surface area contributed by atoms with Gasteiger partial charge in [0.15, 0.2) is 4.80 Å². The number of methoxy groups -OCH3 is 1. The van der Waals surface area contributed by atoms with E-state index in [2.05, 4.69) is 25.8 Å². The maximum atomic E-state index is 13.8. The number of thiazole rings is 1. The van der Waals surface area contributed by atoms with Crippen LogP contribution in [0, 0.1) is 0 Å². The number of hydrogen-bond acceptors (Lipinski definition) is 9. The maximum absolute atomic E-state index is 13.8. The van der Waals surface area contributed by atoms with Crippen LogP contribution in [-0.2, 0) is 14.3 Å². The Morgan fingerprint density at radius 3 is 2.61 bits per heavy atom. The first-order chi connectivity index (χ1) is 18.3. The molecule has 3 aromatic rings. The first kappa shape index (κ1) is 26.5. The molecule has 2 aromatic heterocycles. The molecule has 200 valence electrons. The van der Waals surface area contributed by atoms with Crippen molar-refractivity contribution in [1.82, 2.24) is 4.57 Å². The van der Waals surface area contributed by atoms with Crippen molar-refractivity contribution in [1.29, 1.82) is 0 Å². The number of rotatable bonds is 6. The van der Waals surface area contributed by atoms with Crippen LogP contribution < -0.4 is 24.5 Å². The van der Waals surface area contributed by atoms with Crippen molar-refractivity contribution in [2.75, 3.05) is 38.3 Å². The second-order valence-corrected chi connectivity index (χ2v) is 11.1. The Labute approximate surface area is 231 Å². The molecule has 0 amide bonds. The SMILES string of the molecule is COc1ccc([C@H]2C(C(=O)OC(C)C)=C(C)N=c3s/c(=C/c4cc(Br)c(N5CCOCC5)o4)c(=O)n32)cc1. The number of halogens is 1. The van der Waals surface area contributed by atoms with Gasteiger partial charge in [-0.3, -0.25) is 9.36 Å². The molecule has 0 spiro atoms. The summed E-state index contributed by atoms with van der Waals surface area (Å²) >= 11 is 4.83. The molecule has 0 bridgehead atoms. The second-order valence-electron chi connectivity index (χ2n) is 9.21. The second kappa shape index (κ2) is 10.9. The lowest BCUT2D eigenvalue weighted by Crippen LogP contribution is -2.40. The molecule has 1 atom stereocenters. The molecule has 0 unspecified atom stereocenters. The minimum Gasteiger partial charge on any atom is -0.497 e. The summed E-state index contributed by atoms with van der Waals surface area (Å²) in [6, 6.07) is 8.46. The number of ether oxygens (including phenoxy) is 3. The summed E-state index contributed by atoms with van der Waals surface area (Å²) in [6.07, 6.45) is 1.40. The molecule has 1 fully saturated rings. The Bertz CT molecular complexity index is 1560. The summed E-state index contributed by atoms with van der Waals surface area (Å²) in [7, 11) is 1.59. The monoisotopic (exact) mass is 601 g/mol. The summed E-state index contributed by atoms with van der Waals surface area (Å²) in [5.74, 6) is 1.42. The molecule has 38 heavy (non-hydrogen) atoms. The highest BCUT2D eigenvalue weighted by Gasteiger charge is 2.34. The molecule has 2 aliphatic rings. The number of benzene rings is 1. The Morgan fingerprint density at radius 2 is 1.95 bits per heavy atom. The summed E-state index contributed by atoms with van der Waals surface area (Å²) < 4.78 is 25.2. The highest BCUT2D eigenvalue weighted by atomic mass is 79.9. The van der Waals surface area contributed by atoms with Gasteiger partial charge >= 0.3 is 5.97 Å². The van der Waals surface area contributed by atoms with Crippen molar-refractivity contribution in [3.63, 3.8) is 0 Å². The van der Waals surface area contributed by atoms with E-state index < -0.39 is 12.0 Å². The van der Waals surface area contributed by atoms with Crippen molar-refractivity contribution < 1.29 is 23.4 Å². The van der Waals surface area contributed by atoms with Crippen LogP contribution in [0.5, 0.6) is 5.75 Å². The van der Waals surface area contributed by atoms with Gasteiger partial charge in [-0.1, -0.05) is 23.5 Å². The van der Waals surface area contributed by atoms with Crippen molar-refractivity contribution in [3.8, 4) is 5.75 Å². The van der Waals surface area contributed by atoms with Crippen LogP contribution in [0.1, 0.15) is 38.1 Å². The van der Waals surface area contributed by atoms with Gasteiger partial charge in [-0.15, -0.1) is 0 Å². The average Bonchev–Trinajstić information content (AvgIpc) is 3.41. The van der Waals surface area contributed by atoms with Gasteiger partial charge in [-0.05, 0) is 54.4 Å². The predicted octanol–water partition coefficient (Wildman–Crippen LogP) is 3.39. The topological polar surface area (TPSA) is 95.5 Å². The molecule has 1 aromatic carbocycles. The number of carbonyl (C=O) groups is 1. The molecule has 0 N–H and O–H groups in total. The van der Waals surface area contributed by atoms with E-state index in [9.17, 15) is 9.59 Å². The number of fused-ring (bicyclic) bond motifs is 1. The third-order valence-electron chi connectivity index (χ3n) is 6.28. The Hall–Kier alpha value is -3.15. The molecule has 5 rings (SSSR count). The third kappa shape index (κ3) is 5.10. The molecule has 11 heteroatoms. The average molecular weight is 603 g/mol. The van der Waals surface area contributed by atoms with Crippen LogP contribution >= 0.6 is 27.3 Å². The van der Waals surface area contributed by atoms with E-state index in [1.54, 1.807) is 50.7 Å². The zero-order valence-corrected chi connectivity index (χ0v) is 23.9. The van der Waals surface area contributed by atoms with Crippen LogP contribution in [0.3, 0.4) is 0 Å². The minimum absolute atomic E-state index is 0.266. The van der Waals surface area contributed by atoms with Crippen molar-refractivity contribution in [3.05, 3.63) is 77.1 Å². The fourth-order valence-corrected chi connectivity index (χ4v) is 6.10. The lowest BCUT2D eigenvalue weighted by Gasteiger charge is -2.26. The number of allylic oxidation sites excluding steroid dienone is 1. The van der Waals surface area contributed by atoms with Crippen LogP contribution in [-0.4, -0.2) is 50.1 Å². The van der Waals surface area contributed by atoms with Crippen molar-refractivity contribution in [2.24, 2.45) is 4.99 Å². The number of anilines is 1. The van der Waals surface area contributed by atoms with Gasteiger partial charge in [0.25, 0.3) is 5.56 Å². The number of morpholine rings is 1. The summed E-state index contributed by atoms with van der Waals surface area (Å²) in [6.45, 7) is 8.06. The molecular formula is C27H28BrN3O6S. The number of nitrogens with zero attached hydrogens (tertiary/aromatic N) is 3. The van der Waals surface area contributed by atoms with Gasteiger partial charge in [0.05, 0.1) is 52.7 Å². The van der Waals surface area contributed by atoms with Gasteiger partial charge in [-0.2, -0.15) is 0 Å². The van der Waals surface area contributed by atoms with E-state index in [1.807, 2.05) is 18.2 Å². The van der Waals surface area contributed by atoms with Gasteiger partial charge in [0, 0.05) is 25.2 Å². The maximum Gasteiger partial charge on any atom is 0.338 e. The predicted molar refractivity (Wildman–Crippen MR) is 147 cm³/mol. The lowest BCUT2D eigenvalue weighted by molar-refractivity contribution is -0.143. The largest absolute Gasteiger partial charge is 0.497 e. The van der Waals surface area contributed by atoms with Crippen molar-refractivity contribution >= 4 is 45.2 Å². The molecule has 2 aliphatic heterocycles. The van der Waals surface area contributed by atoms with Crippen molar-refractivity contribution in [2.45, 2.75) is 32.9 Å². The van der Waals surface area contributed by atoms with Crippen LogP contribution in [0.15, 0.2) is 60.3 Å². The number of carbonyl (C=O) groups excluding carboxylic acids is 1. The number of furan rings is 1. The van der Waals surface area contributed by atoms with Crippen LogP contribution in [0.4, 0.5) is 5.88 Å². The standard InChI is InChI=1S/C27H28BrN3O6S/c1-15(2)36-26(33)22-16(3)29-27-31(23(22)17-5-7-18(34-4)8-6-17)24(32)21(38-27)14-19-13-20(28)25(37-19)30-9-11-35-12-10-30/h5-8,13-15,23H,9-12H2,1-4H3/b21-14+/t23-/m0/s1. The van der Waals surface area contributed by atoms with Gasteiger partial charge in [-0.25, -0.2) is 9.79 Å². The van der Waals surface area contributed by atoms with E-state index in [4.69, 9.17) is 18.6 Å². The van der Waals surface area contributed by atoms with Gasteiger partial charge < -0.3 is 23.5 Å². The zero-order chi connectivity index (χ0) is 27.0. The normalized spacial score (nSPS) is 18.0. The molecule has 0 radical (unpaired) electrons. The zero-order valence-electron chi connectivity index (χ0n) is 21.5. The number of hydrogen-bond donors (Lipinski definition) is 0. The Morgan fingerprint density at radius 1 is 1.24 bits per heavy atom. The molecule has 1 saturated heterocycles. The quantitative estimate of drug-likeness (QED) is 0.400. The number of aromatic nitrogens is 1. The van der Waals surface area contributed by atoms with E-state index in [-0.39, 0.29) is 11.7 Å². The first-order valence-corrected chi connectivity index (χ1v) is 13.9. The van der Waals surface area contributed by atoms with E-state index in [0.29, 0.717) is 51.2 Å². The summed E-state index contributed by atoms with van der Waals surface area (Å²) in [4.78, 5) is 34.3. The Balaban J connectivity index is 1.62. The smallest absolute Gasteiger partial charge is 0.338 e. The van der Waals surface area contributed by atoms with Crippen LogP contribution in [0.25, 0.3) is 6.08 Å². The van der Waals surface area contributed by atoms with E-state index >= 15 is 0 Å². The molecule has 0 saturated carbocycles. The van der Waals surface area contributed by atoms with Crippen LogP contribution in [0.2, 0.25) is 0 Å². The highest BCUT2D eigenvalue weighted by molar-refractivity contribution is 9.10. The lowest BCUT2D eigenvalue weighted by atomic mass is 9.96. The molecule has 4 heterocycles. The van der Waals surface area contributed by atoms with E-state index in [1.165, 1.54) is 11.3 Å². The first-order valence-electron chi connectivity index (χ1n) is 12.3. The highest BCUT2D eigenvalue weighted by Crippen LogP contribution is 2.33. The van der Waals surface area contributed by atoms with E-state index in [0.717, 1.165) is 23.1 Å². The van der Waals surface area contributed by atoms with Gasteiger partial charge in [0.1, 0.15) is 11.5 Å². The summed E-state index contributed by atoms with van der Waals surface area (Å²) in [5, 5.41) is 0. The molecule has 9 nitrogen and oxygen atoms in total. The fraction of sp³-hybridized carbons (Fsp3) is 0.370. The molecular weight excluding hydrogens is 574 g/mol.